The fourth-order valence-electron chi connectivity index (χ4n) is 3.64. The van der Waals surface area contributed by atoms with E-state index in [4.69, 9.17) is 4.74 Å². The molecule has 0 radical (unpaired) electrons. The number of ether oxygens (including phenoxy) is 1. The lowest BCUT2D eigenvalue weighted by atomic mass is 10.1. The number of nitrogens with zero attached hydrogens (tertiary/aromatic N) is 4. The van der Waals surface area contributed by atoms with E-state index in [0.717, 1.165) is 28.4 Å². The number of hydrogen-bond donors (Lipinski definition) is 1. The first-order chi connectivity index (χ1) is 14.1. The zero-order chi connectivity index (χ0) is 20.2. The Kier molecular flexibility index (Phi) is 5.57. The first kappa shape index (κ1) is 19.1. The Balaban J connectivity index is 1.40. The summed E-state index contributed by atoms with van der Waals surface area (Å²) in [5.41, 5.74) is 3.06. The van der Waals surface area contributed by atoms with Crippen molar-refractivity contribution in [2.45, 2.75) is 26.4 Å². The van der Waals surface area contributed by atoms with Crippen LogP contribution in [0.1, 0.15) is 29.8 Å². The van der Waals surface area contributed by atoms with Crippen LogP contribution in [0.25, 0.3) is 5.82 Å². The summed E-state index contributed by atoms with van der Waals surface area (Å²) < 4.78 is 7.57. The van der Waals surface area contributed by atoms with Crippen molar-refractivity contribution in [3.63, 3.8) is 0 Å². The van der Waals surface area contributed by atoms with Gasteiger partial charge in [0.1, 0.15) is 12.4 Å². The molecule has 2 aromatic heterocycles. The fraction of sp³-hybridized carbons (Fsp3) is 0.318. The van der Waals surface area contributed by atoms with Crippen LogP contribution >= 0.6 is 0 Å². The maximum absolute atomic E-state index is 12.7. The Hall–Kier alpha value is -3.19. The molecule has 150 valence electrons. The Morgan fingerprint density at radius 2 is 2.07 bits per heavy atom. The summed E-state index contributed by atoms with van der Waals surface area (Å²) in [5.74, 6) is 1.65. The molecule has 1 N–H and O–H groups in total. The van der Waals surface area contributed by atoms with Crippen molar-refractivity contribution < 1.29 is 9.53 Å². The molecular formula is C22H25N5O2. The maximum Gasteiger partial charge on any atom is 0.234 e. The fourth-order valence-corrected chi connectivity index (χ4v) is 3.64. The molecule has 0 aliphatic carbocycles. The van der Waals surface area contributed by atoms with E-state index in [9.17, 15) is 4.79 Å². The van der Waals surface area contributed by atoms with E-state index in [1.165, 1.54) is 0 Å². The molecule has 0 spiro atoms. The minimum atomic E-state index is -0.143. The van der Waals surface area contributed by atoms with Crippen LogP contribution in [0.2, 0.25) is 0 Å². The highest BCUT2D eigenvalue weighted by atomic mass is 16.5. The van der Waals surface area contributed by atoms with Gasteiger partial charge in [0.2, 0.25) is 5.91 Å². The average molecular weight is 391 g/mol. The first-order valence-electron chi connectivity index (χ1n) is 9.80. The van der Waals surface area contributed by atoms with Crippen LogP contribution in [0.3, 0.4) is 0 Å². The van der Waals surface area contributed by atoms with Crippen LogP contribution in [0.5, 0.6) is 5.75 Å². The Labute approximate surface area is 170 Å². The summed E-state index contributed by atoms with van der Waals surface area (Å²) in [4.78, 5) is 19.1. The van der Waals surface area contributed by atoms with Gasteiger partial charge in [0.05, 0.1) is 18.8 Å². The predicted octanol–water partition coefficient (Wildman–Crippen LogP) is 2.65. The van der Waals surface area contributed by atoms with Gasteiger partial charge in [0.25, 0.3) is 0 Å². The molecule has 1 atom stereocenters. The second-order valence-electron chi connectivity index (χ2n) is 7.24. The van der Waals surface area contributed by atoms with Crippen molar-refractivity contribution in [2.75, 3.05) is 19.7 Å². The van der Waals surface area contributed by atoms with E-state index in [2.05, 4.69) is 20.3 Å². The third kappa shape index (κ3) is 4.30. The van der Waals surface area contributed by atoms with E-state index < -0.39 is 0 Å². The van der Waals surface area contributed by atoms with Gasteiger partial charge in [-0.25, -0.2) is 9.67 Å². The summed E-state index contributed by atoms with van der Waals surface area (Å²) in [5, 5.41) is 7.54. The van der Waals surface area contributed by atoms with Crippen LogP contribution in [0, 0.1) is 6.92 Å². The van der Waals surface area contributed by atoms with Gasteiger partial charge in [0, 0.05) is 36.1 Å². The monoisotopic (exact) mass is 391 g/mol. The highest BCUT2D eigenvalue weighted by molar-refractivity contribution is 5.78. The van der Waals surface area contributed by atoms with Gasteiger partial charge in [-0.05, 0) is 32.0 Å². The predicted molar refractivity (Wildman–Crippen MR) is 110 cm³/mol. The smallest absolute Gasteiger partial charge is 0.234 e. The van der Waals surface area contributed by atoms with E-state index in [0.29, 0.717) is 26.2 Å². The molecule has 1 aliphatic rings. The topological polar surface area (TPSA) is 72.3 Å². The number of amides is 1. The molecule has 0 bridgehead atoms. The number of rotatable bonds is 5. The van der Waals surface area contributed by atoms with E-state index in [1.807, 2.05) is 56.3 Å². The number of pyridine rings is 1. The zero-order valence-corrected chi connectivity index (χ0v) is 16.7. The number of fused-ring (bicyclic) bond motifs is 1. The van der Waals surface area contributed by atoms with Gasteiger partial charge >= 0.3 is 0 Å². The van der Waals surface area contributed by atoms with Crippen LogP contribution in [0.15, 0.2) is 54.9 Å². The van der Waals surface area contributed by atoms with Crippen molar-refractivity contribution in [1.29, 1.82) is 0 Å². The molecule has 7 nitrogen and oxygen atoms in total. The van der Waals surface area contributed by atoms with Crippen molar-refractivity contribution in [3.8, 4) is 11.6 Å². The maximum atomic E-state index is 12.7. The second-order valence-corrected chi connectivity index (χ2v) is 7.24. The molecule has 29 heavy (non-hydrogen) atoms. The first-order valence-corrected chi connectivity index (χ1v) is 9.80. The second kappa shape index (κ2) is 8.45. The molecule has 0 saturated carbocycles. The molecule has 0 saturated heterocycles. The Morgan fingerprint density at radius 3 is 2.90 bits per heavy atom. The number of aromatic nitrogens is 3. The SMILES string of the molecule is Cc1c(C(C)NC(=O)CN2CCOc3ccccc3C2)cnn1-c1ccccn1. The third-order valence-electron chi connectivity index (χ3n) is 5.16. The molecule has 3 heterocycles. The number of carbonyl (C=O) groups excluding carboxylic acids is 1. The number of carbonyl (C=O) groups is 1. The lowest BCUT2D eigenvalue weighted by Crippen LogP contribution is -2.39. The largest absolute Gasteiger partial charge is 0.492 e. The van der Waals surface area contributed by atoms with Gasteiger partial charge in [-0.1, -0.05) is 24.3 Å². The molecule has 1 unspecified atom stereocenters. The van der Waals surface area contributed by atoms with Crippen LogP contribution in [0.4, 0.5) is 0 Å². The van der Waals surface area contributed by atoms with Gasteiger partial charge in [-0.2, -0.15) is 5.10 Å². The standard InChI is InChI=1S/C22H25N5O2/c1-16(19-13-24-27(17(19)2)21-9-5-6-10-23-21)25-22(28)15-26-11-12-29-20-8-4-3-7-18(20)14-26/h3-10,13,16H,11-12,14-15H2,1-2H3,(H,25,28). The molecule has 4 rings (SSSR count). The zero-order valence-electron chi connectivity index (χ0n) is 16.7. The minimum Gasteiger partial charge on any atom is -0.492 e. The highest BCUT2D eigenvalue weighted by Crippen LogP contribution is 2.22. The summed E-state index contributed by atoms with van der Waals surface area (Å²) in [6, 6.07) is 13.6. The lowest BCUT2D eigenvalue weighted by Gasteiger charge is -2.21. The molecule has 0 fully saturated rings. The van der Waals surface area contributed by atoms with Crippen LogP contribution in [-0.2, 0) is 11.3 Å². The third-order valence-corrected chi connectivity index (χ3v) is 5.16. The van der Waals surface area contributed by atoms with Crippen LogP contribution < -0.4 is 10.1 Å². The van der Waals surface area contributed by atoms with Gasteiger partial charge in [-0.15, -0.1) is 0 Å². The Morgan fingerprint density at radius 1 is 1.24 bits per heavy atom. The average Bonchev–Trinajstić information content (AvgIpc) is 2.99. The molecular weight excluding hydrogens is 366 g/mol. The van der Waals surface area contributed by atoms with Crippen molar-refractivity contribution in [3.05, 3.63) is 71.7 Å². The van der Waals surface area contributed by atoms with Gasteiger partial charge in [-0.3, -0.25) is 9.69 Å². The van der Waals surface area contributed by atoms with Crippen molar-refractivity contribution in [2.24, 2.45) is 0 Å². The highest BCUT2D eigenvalue weighted by Gasteiger charge is 2.20. The number of para-hydroxylation sites is 1. The van der Waals surface area contributed by atoms with Crippen LogP contribution in [-0.4, -0.2) is 45.3 Å². The number of hydrogen-bond acceptors (Lipinski definition) is 5. The van der Waals surface area contributed by atoms with Gasteiger partial charge < -0.3 is 10.1 Å². The molecule has 7 heteroatoms. The van der Waals surface area contributed by atoms with Crippen molar-refractivity contribution in [1.82, 2.24) is 25.0 Å². The lowest BCUT2D eigenvalue weighted by molar-refractivity contribution is -0.123. The Bertz CT molecular complexity index is 986. The van der Waals surface area contributed by atoms with Crippen molar-refractivity contribution >= 4 is 5.91 Å². The quantitative estimate of drug-likeness (QED) is 0.724. The normalized spacial score (nSPS) is 15.1. The van der Waals surface area contributed by atoms with E-state index >= 15 is 0 Å². The number of benzene rings is 1. The van der Waals surface area contributed by atoms with E-state index in [-0.39, 0.29) is 11.9 Å². The van der Waals surface area contributed by atoms with E-state index in [1.54, 1.807) is 17.1 Å². The van der Waals surface area contributed by atoms with Gasteiger partial charge in [0.15, 0.2) is 5.82 Å². The summed E-state index contributed by atoms with van der Waals surface area (Å²) in [7, 11) is 0. The molecule has 1 aromatic carbocycles. The molecule has 3 aromatic rings. The summed E-state index contributed by atoms with van der Waals surface area (Å²) >= 11 is 0. The molecule has 1 aliphatic heterocycles. The summed E-state index contributed by atoms with van der Waals surface area (Å²) in [6.45, 7) is 6.29. The molecule has 1 amide bonds. The number of nitrogens with one attached hydrogen (secondary N) is 1. The minimum absolute atomic E-state index is 0.0122. The summed E-state index contributed by atoms with van der Waals surface area (Å²) in [6.07, 6.45) is 3.54.